The second-order valence-electron chi connectivity index (χ2n) is 5.87. The summed E-state index contributed by atoms with van der Waals surface area (Å²) in [6.07, 6.45) is 0. The predicted molar refractivity (Wildman–Crippen MR) is 92.6 cm³/mol. The van der Waals surface area contributed by atoms with Gasteiger partial charge < -0.3 is 19.3 Å². The third-order valence-corrected chi connectivity index (χ3v) is 4.94. The van der Waals surface area contributed by atoms with Gasteiger partial charge in [0.1, 0.15) is 5.75 Å². The van der Waals surface area contributed by atoms with E-state index in [1.807, 2.05) is 18.2 Å². The number of ether oxygens (including phenoxy) is 3. The number of halogens is 1. The number of fused-ring (bicyclic) bond motifs is 1. The van der Waals surface area contributed by atoms with E-state index in [4.69, 9.17) is 14.2 Å². The van der Waals surface area contributed by atoms with E-state index < -0.39 is 0 Å². The first-order valence-corrected chi connectivity index (χ1v) is 8.71. The fraction of sp³-hybridized carbons (Fsp3) is 0.333. The lowest BCUT2D eigenvalue weighted by molar-refractivity contribution is 0.0235. The van der Waals surface area contributed by atoms with Crippen LogP contribution in [0.4, 0.5) is 0 Å². The Kier molecular flexibility index (Phi) is 4.35. The van der Waals surface area contributed by atoms with Gasteiger partial charge in [-0.15, -0.1) is 0 Å². The van der Waals surface area contributed by atoms with E-state index in [1.54, 1.807) is 6.07 Å². The number of morpholine rings is 1. The SMILES string of the molecule is Oc1cc2c(cc1[C@@H](c1ccc(Br)cc1)N1CCOCC1)OCO2. The maximum absolute atomic E-state index is 10.6. The van der Waals surface area contributed by atoms with Crippen molar-refractivity contribution in [2.75, 3.05) is 33.1 Å². The summed E-state index contributed by atoms with van der Waals surface area (Å²) in [5.74, 6) is 1.49. The number of rotatable bonds is 3. The first-order chi connectivity index (χ1) is 11.7. The van der Waals surface area contributed by atoms with Gasteiger partial charge in [-0.05, 0) is 23.8 Å². The Morgan fingerprint density at radius 3 is 2.38 bits per heavy atom. The molecule has 2 heterocycles. The van der Waals surface area contributed by atoms with Gasteiger partial charge in [0.15, 0.2) is 11.5 Å². The van der Waals surface area contributed by atoms with Gasteiger partial charge in [0.2, 0.25) is 6.79 Å². The molecule has 2 aliphatic heterocycles. The maximum Gasteiger partial charge on any atom is 0.231 e. The van der Waals surface area contributed by atoms with Crippen molar-refractivity contribution in [3.8, 4) is 17.2 Å². The number of aromatic hydroxyl groups is 1. The summed E-state index contributed by atoms with van der Waals surface area (Å²) in [6.45, 7) is 3.21. The monoisotopic (exact) mass is 391 g/mol. The topological polar surface area (TPSA) is 51.2 Å². The Morgan fingerprint density at radius 1 is 1.00 bits per heavy atom. The van der Waals surface area contributed by atoms with E-state index >= 15 is 0 Å². The summed E-state index contributed by atoms with van der Waals surface area (Å²) in [6, 6.07) is 11.7. The van der Waals surface area contributed by atoms with Crippen molar-refractivity contribution in [1.29, 1.82) is 0 Å². The number of phenolic OH excluding ortho intramolecular Hbond substituents is 1. The molecule has 6 heteroatoms. The Morgan fingerprint density at radius 2 is 1.67 bits per heavy atom. The van der Waals surface area contributed by atoms with Gasteiger partial charge in [0, 0.05) is 29.2 Å². The Hall–Kier alpha value is -1.76. The zero-order valence-corrected chi connectivity index (χ0v) is 14.7. The van der Waals surface area contributed by atoms with Crippen LogP contribution < -0.4 is 9.47 Å². The zero-order valence-electron chi connectivity index (χ0n) is 13.1. The van der Waals surface area contributed by atoms with Crippen LogP contribution >= 0.6 is 15.9 Å². The summed E-state index contributed by atoms with van der Waals surface area (Å²) in [5, 5.41) is 10.6. The number of benzene rings is 2. The standard InChI is InChI=1S/C18H18BrNO4/c19-13-3-1-12(2-4-13)18(20-5-7-22-8-6-20)14-9-16-17(10-15(14)21)24-11-23-16/h1-4,9-10,18,21H,5-8,11H2/t18-/m1/s1. The molecule has 0 spiro atoms. The van der Waals surface area contributed by atoms with E-state index in [-0.39, 0.29) is 18.6 Å². The minimum absolute atomic E-state index is 0.0588. The molecule has 0 aromatic heterocycles. The molecule has 0 unspecified atom stereocenters. The molecular formula is C18H18BrNO4. The molecule has 1 N–H and O–H groups in total. The molecule has 2 aromatic carbocycles. The largest absolute Gasteiger partial charge is 0.507 e. The maximum atomic E-state index is 10.6. The van der Waals surface area contributed by atoms with E-state index in [0.717, 1.165) is 28.7 Å². The fourth-order valence-electron chi connectivity index (χ4n) is 3.23. The molecule has 24 heavy (non-hydrogen) atoms. The van der Waals surface area contributed by atoms with Crippen molar-refractivity contribution in [3.05, 3.63) is 52.0 Å². The van der Waals surface area contributed by atoms with Crippen molar-refractivity contribution >= 4 is 15.9 Å². The highest BCUT2D eigenvalue weighted by molar-refractivity contribution is 9.10. The van der Waals surface area contributed by atoms with Crippen LogP contribution in [-0.2, 0) is 4.74 Å². The van der Waals surface area contributed by atoms with Crippen LogP contribution in [-0.4, -0.2) is 43.1 Å². The summed E-state index contributed by atoms with van der Waals surface area (Å²) in [4.78, 5) is 2.32. The summed E-state index contributed by atoms with van der Waals surface area (Å²) < 4.78 is 17.4. The second-order valence-corrected chi connectivity index (χ2v) is 6.78. The van der Waals surface area contributed by atoms with Crippen molar-refractivity contribution in [2.45, 2.75) is 6.04 Å². The van der Waals surface area contributed by atoms with Crippen LogP contribution in [0.25, 0.3) is 0 Å². The molecular weight excluding hydrogens is 374 g/mol. The molecule has 1 atom stereocenters. The molecule has 0 bridgehead atoms. The van der Waals surface area contributed by atoms with E-state index in [1.165, 1.54) is 0 Å². The quantitative estimate of drug-likeness (QED) is 0.869. The van der Waals surface area contributed by atoms with Gasteiger partial charge in [0.25, 0.3) is 0 Å². The van der Waals surface area contributed by atoms with Gasteiger partial charge in [-0.3, -0.25) is 4.90 Å². The molecule has 126 valence electrons. The molecule has 1 saturated heterocycles. The number of hydrogen-bond acceptors (Lipinski definition) is 5. The van der Waals surface area contributed by atoms with Crippen LogP contribution in [0, 0.1) is 0 Å². The molecule has 5 nitrogen and oxygen atoms in total. The minimum Gasteiger partial charge on any atom is -0.507 e. The molecule has 0 saturated carbocycles. The smallest absolute Gasteiger partial charge is 0.231 e. The molecule has 0 aliphatic carbocycles. The van der Waals surface area contributed by atoms with Crippen LogP contribution in [0.2, 0.25) is 0 Å². The van der Waals surface area contributed by atoms with Gasteiger partial charge >= 0.3 is 0 Å². The van der Waals surface area contributed by atoms with Gasteiger partial charge in [0.05, 0.1) is 19.3 Å². The first-order valence-electron chi connectivity index (χ1n) is 7.92. The molecule has 0 amide bonds. The van der Waals surface area contributed by atoms with E-state index in [2.05, 4.69) is 33.0 Å². The Bertz CT molecular complexity index is 729. The second kappa shape index (κ2) is 6.63. The lowest BCUT2D eigenvalue weighted by atomic mass is 9.95. The highest BCUT2D eigenvalue weighted by Crippen LogP contribution is 2.43. The van der Waals surface area contributed by atoms with Crippen molar-refractivity contribution < 1.29 is 19.3 Å². The van der Waals surface area contributed by atoms with Gasteiger partial charge in [-0.1, -0.05) is 28.1 Å². The fourth-order valence-corrected chi connectivity index (χ4v) is 3.50. The Balaban J connectivity index is 1.78. The third-order valence-electron chi connectivity index (χ3n) is 4.41. The average Bonchev–Trinajstić information content (AvgIpc) is 3.05. The third kappa shape index (κ3) is 2.97. The van der Waals surface area contributed by atoms with Crippen molar-refractivity contribution in [3.63, 3.8) is 0 Å². The number of hydrogen-bond donors (Lipinski definition) is 1. The molecule has 2 aromatic rings. The summed E-state index contributed by atoms with van der Waals surface area (Å²) >= 11 is 3.48. The average molecular weight is 392 g/mol. The Labute approximate surface area is 148 Å². The minimum atomic E-state index is -0.0588. The van der Waals surface area contributed by atoms with Crippen molar-refractivity contribution in [1.82, 2.24) is 4.90 Å². The highest BCUT2D eigenvalue weighted by atomic mass is 79.9. The number of phenols is 1. The lowest BCUT2D eigenvalue weighted by Crippen LogP contribution is -2.39. The van der Waals surface area contributed by atoms with Crippen LogP contribution in [0.3, 0.4) is 0 Å². The summed E-state index contributed by atoms with van der Waals surface area (Å²) in [7, 11) is 0. The molecule has 2 aliphatic rings. The van der Waals surface area contributed by atoms with Gasteiger partial charge in [-0.2, -0.15) is 0 Å². The lowest BCUT2D eigenvalue weighted by Gasteiger charge is -2.35. The molecule has 4 rings (SSSR count). The van der Waals surface area contributed by atoms with Crippen LogP contribution in [0.15, 0.2) is 40.9 Å². The zero-order chi connectivity index (χ0) is 16.5. The van der Waals surface area contributed by atoms with Crippen LogP contribution in [0.1, 0.15) is 17.2 Å². The normalized spacial score (nSPS) is 18.5. The van der Waals surface area contributed by atoms with E-state index in [9.17, 15) is 5.11 Å². The van der Waals surface area contributed by atoms with E-state index in [0.29, 0.717) is 24.7 Å². The number of nitrogens with zero attached hydrogens (tertiary/aromatic N) is 1. The van der Waals surface area contributed by atoms with Crippen molar-refractivity contribution in [2.24, 2.45) is 0 Å². The summed E-state index contributed by atoms with van der Waals surface area (Å²) in [5.41, 5.74) is 1.94. The highest BCUT2D eigenvalue weighted by Gasteiger charge is 2.29. The molecule has 1 fully saturated rings. The first kappa shape index (κ1) is 15.7. The van der Waals surface area contributed by atoms with Crippen LogP contribution in [0.5, 0.6) is 17.2 Å². The molecule has 0 radical (unpaired) electrons. The predicted octanol–water partition coefficient (Wildman–Crippen LogP) is 3.31. The van der Waals surface area contributed by atoms with Gasteiger partial charge in [-0.25, -0.2) is 0 Å².